The summed E-state index contributed by atoms with van der Waals surface area (Å²) in [7, 11) is 0. The third-order valence-corrected chi connectivity index (χ3v) is 3.72. The van der Waals surface area contributed by atoms with Crippen LogP contribution in [0.3, 0.4) is 0 Å². The van der Waals surface area contributed by atoms with Gasteiger partial charge in [0.1, 0.15) is 0 Å². The maximum absolute atomic E-state index is 11.7. The van der Waals surface area contributed by atoms with Crippen molar-refractivity contribution in [3.8, 4) is 22.4 Å². The van der Waals surface area contributed by atoms with Gasteiger partial charge in [0.15, 0.2) is 0 Å². The molecule has 0 aliphatic heterocycles. The van der Waals surface area contributed by atoms with Gasteiger partial charge in [0, 0.05) is 23.0 Å². The monoisotopic (exact) mass is 338 g/mol. The summed E-state index contributed by atoms with van der Waals surface area (Å²) in [6.07, 6.45) is 3.59. The molecule has 1 aromatic carbocycles. The van der Waals surface area contributed by atoms with Gasteiger partial charge in [0.05, 0.1) is 17.5 Å². The van der Waals surface area contributed by atoms with Gasteiger partial charge in [0.2, 0.25) is 0 Å². The summed E-state index contributed by atoms with van der Waals surface area (Å²) in [6, 6.07) is 9.62. The number of nitrogens with two attached hydrogens (primary N) is 1. The molecule has 128 valence electrons. The predicted octanol–water partition coefficient (Wildman–Crippen LogP) is 2.56. The Kier molecular flexibility index (Phi) is 5.62. The second-order valence-corrected chi connectivity index (χ2v) is 5.32. The van der Waals surface area contributed by atoms with Gasteiger partial charge >= 0.3 is 0 Å². The number of aromatic nitrogens is 3. The number of aromatic amines is 1. The molecule has 4 N–H and O–H groups in total. The molecule has 0 atom stereocenters. The van der Waals surface area contributed by atoms with Crippen molar-refractivity contribution in [2.75, 3.05) is 0 Å². The number of pyridine rings is 1. The van der Waals surface area contributed by atoms with Crippen molar-refractivity contribution in [1.82, 2.24) is 15.2 Å². The van der Waals surface area contributed by atoms with Gasteiger partial charge in [-0.3, -0.25) is 19.7 Å². The minimum atomic E-state index is -0.468. The fraction of sp³-hybridized carbons (Fsp3) is 0.111. The standard InChI is InChI=1S/C17H16N4O.CH2O2/c1-10-7-15(17(18)22)16(21-11(10)2)13-5-3-12(4-6-13)14-8-19-20-9-14;2-1-3/h3-9H,1-2H3,(H2,18,22)(H,19,20);1H,(H,2,3). The third-order valence-electron chi connectivity index (χ3n) is 3.72. The fourth-order valence-corrected chi connectivity index (χ4v) is 2.34. The number of H-pyrrole nitrogens is 1. The molecule has 0 bridgehead atoms. The predicted molar refractivity (Wildman–Crippen MR) is 93.9 cm³/mol. The number of aryl methyl sites for hydroxylation is 2. The molecule has 2 aromatic heterocycles. The third kappa shape index (κ3) is 4.08. The Bertz CT molecular complexity index is 872. The number of nitrogens with one attached hydrogen (secondary N) is 1. The number of carbonyl (C=O) groups excluding carboxylic acids is 1. The van der Waals surface area contributed by atoms with Crippen LogP contribution in [0.25, 0.3) is 22.4 Å². The van der Waals surface area contributed by atoms with Crippen LogP contribution < -0.4 is 5.73 Å². The van der Waals surface area contributed by atoms with E-state index in [9.17, 15) is 4.79 Å². The zero-order valence-corrected chi connectivity index (χ0v) is 13.9. The van der Waals surface area contributed by atoms with Gasteiger partial charge in [-0.05, 0) is 31.0 Å². The summed E-state index contributed by atoms with van der Waals surface area (Å²) < 4.78 is 0. The smallest absolute Gasteiger partial charge is 0.290 e. The molecule has 25 heavy (non-hydrogen) atoms. The molecule has 0 aliphatic rings. The molecule has 0 fully saturated rings. The second-order valence-electron chi connectivity index (χ2n) is 5.32. The van der Waals surface area contributed by atoms with Crippen LogP contribution in [-0.4, -0.2) is 32.7 Å². The van der Waals surface area contributed by atoms with E-state index in [4.69, 9.17) is 15.6 Å². The largest absolute Gasteiger partial charge is 0.483 e. The minimum absolute atomic E-state index is 0.250. The summed E-state index contributed by atoms with van der Waals surface area (Å²) in [5.74, 6) is -0.468. The van der Waals surface area contributed by atoms with Crippen LogP contribution in [0, 0.1) is 13.8 Å². The molecule has 0 saturated carbocycles. The number of hydrogen-bond acceptors (Lipinski definition) is 4. The molecule has 0 radical (unpaired) electrons. The van der Waals surface area contributed by atoms with Gasteiger partial charge in [-0.2, -0.15) is 5.10 Å². The van der Waals surface area contributed by atoms with Crippen LogP contribution in [0.4, 0.5) is 0 Å². The fourth-order valence-electron chi connectivity index (χ4n) is 2.34. The quantitative estimate of drug-likeness (QED) is 0.633. The molecular formula is C18H18N4O3. The second kappa shape index (κ2) is 7.87. The normalized spacial score (nSPS) is 9.84. The number of rotatable bonds is 3. The molecule has 2 heterocycles. The lowest BCUT2D eigenvalue weighted by molar-refractivity contribution is -0.122. The summed E-state index contributed by atoms with van der Waals surface area (Å²) in [4.78, 5) is 24.6. The Labute approximate surface area is 144 Å². The van der Waals surface area contributed by atoms with Crippen LogP contribution in [0.15, 0.2) is 42.7 Å². The highest BCUT2D eigenvalue weighted by molar-refractivity contribution is 5.99. The topological polar surface area (TPSA) is 122 Å². The van der Waals surface area contributed by atoms with Crippen molar-refractivity contribution in [3.63, 3.8) is 0 Å². The van der Waals surface area contributed by atoms with Crippen molar-refractivity contribution < 1.29 is 14.7 Å². The molecule has 7 nitrogen and oxygen atoms in total. The van der Waals surface area contributed by atoms with E-state index in [0.29, 0.717) is 11.3 Å². The van der Waals surface area contributed by atoms with Crippen LogP contribution in [0.1, 0.15) is 21.6 Å². The number of carboxylic acid groups (broad SMARTS) is 1. The zero-order chi connectivity index (χ0) is 18.4. The van der Waals surface area contributed by atoms with Crippen LogP contribution >= 0.6 is 0 Å². The van der Waals surface area contributed by atoms with Gasteiger partial charge in [-0.25, -0.2) is 0 Å². The van der Waals surface area contributed by atoms with E-state index >= 15 is 0 Å². The Hall–Kier alpha value is -3.48. The molecule has 3 aromatic rings. The van der Waals surface area contributed by atoms with Crippen molar-refractivity contribution in [1.29, 1.82) is 0 Å². The Morgan fingerprint density at radius 3 is 2.28 bits per heavy atom. The van der Waals surface area contributed by atoms with Crippen LogP contribution in [-0.2, 0) is 4.79 Å². The molecule has 1 amide bonds. The highest BCUT2D eigenvalue weighted by Gasteiger charge is 2.14. The summed E-state index contributed by atoms with van der Waals surface area (Å²) in [5.41, 5.74) is 11.3. The average Bonchev–Trinajstić information content (AvgIpc) is 3.12. The lowest BCUT2D eigenvalue weighted by atomic mass is 10.00. The van der Waals surface area contributed by atoms with E-state index in [-0.39, 0.29) is 6.47 Å². The van der Waals surface area contributed by atoms with Crippen LogP contribution in [0.2, 0.25) is 0 Å². The molecule has 0 spiro atoms. The first-order chi connectivity index (χ1) is 12.0. The molecule has 0 aliphatic carbocycles. The van der Waals surface area contributed by atoms with E-state index in [2.05, 4.69) is 15.2 Å². The number of carbonyl (C=O) groups is 2. The lowest BCUT2D eigenvalue weighted by Gasteiger charge is -2.10. The van der Waals surface area contributed by atoms with Crippen LogP contribution in [0.5, 0.6) is 0 Å². The Morgan fingerprint density at radius 2 is 1.76 bits per heavy atom. The Morgan fingerprint density at radius 1 is 1.16 bits per heavy atom. The van der Waals surface area contributed by atoms with Crippen molar-refractivity contribution in [2.45, 2.75) is 13.8 Å². The van der Waals surface area contributed by atoms with Gasteiger partial charge in [-0.1, -0.05) is 24.3 Å². The first-order valence-electron chi connectivity index (χ1n) is 7.43. The van der Waals surface area contributed by atoms with E-state index < -0.39 is 5.91 Å². The maximum atomic E-state index is 11.7. The van der Waals surface area contributed by atoms with E-state index in [1.165, 1.54) is 0 Å². The summed E-state index contributed by atoms with van der Waals surface area (Å²) in [5, 5.41) is 13.6. The molecule has 0 unspecified atom stereocenters. The minimum Gasteiger partial charge on any atom is -0.483 e. The van der Waals surface area contributed by atoms with Gasteiger partial charge < -0.3 is 10.8 Å². The number of nitrogens with zero attached hydrogens (tertiary/aromatic N) is 2. The van der Waals surface area contributed by atoms with Gasteiger partial charge in [0.25, 0.3) is 12.4 Å². The summed E-state index contributed by atoms with van der Waals surface area (Å²) >= 11 is 0. The van der Waals surface area contributed by atoms with Crippen molar-refractivity contribution >= 4 is 12.4 Å². The highest BCUT2D eigenvalue weighted by atomic mass is 16.3. The molecule has 3 rings (SSSR count). The number of amides is 1. The van der Waals surface area contributed by atoms with E-state index in [1.807, 2.05) is 44.3 Å². The maximum Gasteiger partial charge on any atom is 0.290 e. The number of benzene rings is 1. The van der Waals surface area contributed by atoms with E-state index in [0.717, 1.165) is 27.9 Å². The van der Waals surface area contributed by atoms with Crippen molar-refractivity contribution in [2.24, 2.45) is 5.73 Å². The zero-order valence-electron chi connectivity index (χ0n) is 13.9. The number of hydrogen-bond donors (Lipinski definition) is 3. The molecule has 0 saturated heterocycles. The molecular weight excluding hydrogens is 320 g/mol. The summed E-state index contributed by atoms with van der Waals surface area (Å²) in [6.45, 7) is 3.59. The number of primary amides is 1. The first kappa shape index (κ1) is 17.9. The first-order valence-corrected chi connectivity index (χ1v) is 7.43. The molecule has 7 heteroatoms. The van der Waals surface area contributed by atoms with Gasteiger partial charge in [-0.15, -0.1) is 0 Å². The average molecular weight is 338 g/mol. The SMILES string of the molecule is Cc1cc(C(N)=O)c(-c2ccc(-c3cn[nH]c3)cc2)nc1C.O=CO. The van der Waals surface area contributed by atoms with E-state index in [1.54, 1.807) is 12.3 Å². The Balaban J connectivity index is 0.000000701. The lowest BCUT2D eigenvalue weighted by Crippen LogP contribution is -2.14. The van der Waals surface area contributed by atoms with Crippen molar-refractivity contribution in [3.05, 3.63) is 59.5 Å². The highest BCUT2D eigenvalue weighted by Crippen LogP contribution is 2.26.